The van der Waals surface area contributed by atoms with Crippen LogP contribution in [0.15, 0.2) is 11.6 Å². The number of methoxy groups -OCH3 is 2. The van der Waals surface area contributed by atoms with Crippen LogP contribution in [-0.4, -0.2) is 56.2 Å². The average molecular weight is 452 g/mol. The SMILES string of the molecule is CCC(C)C(NC(=O)O[C@@H]1CCC2(CC2)[C@@H]([C@@]2(C)O[C@@H]2CC=C(C)C)[C@@H]1OC)C(=O)OC. The van der Waals surface area contributed by atoms with Crippen molar-refractivity contribution in [1.82, 2.24) is 5.32 Å². The zero-order chi connectivity index (χ0) is 23.7. The Morgan fingerprint density at radius 1 is 1.22 bits per heavy atom. The van der Waals surface area contributed by atoms with Crippen molar-refractivity contribution in [2.24, 2.45) is 17.3 Å². The van der Waals surface area contributed by atoms with E-state index in [1.165, 1.54) is 25.5 Å². The lowest BCUT2D eigenvalue weighted by Gasteiger charge is -2.44. The number of esters is 1. The summed E-state index contributed by atoms with van der Waals surface area (Å²) >= 11 is 0. The fourth-order valence-electron chi connectivity index (χ4n) is 5.65. The van der Waals surface area contributed by atoms with E-state index in [4.69, 9.17) is 18.9 Å². The maximum Gasteiger partial charge on any atom is 0.408 e. The number of ether oxygens (including phenoxy) is 4. The summed E-state index contributed by atoms with van der Waals surface area (Å²) in [6.07, 6.45) is 6.89. The van der Waals surface area contributed by atoms with Crippen molar-refractivity contribution in [3.63, 3.8) is 0 Å². The van der Waals surface area contributed by atoms with Crippen LogP contribution in [0.1, 0.15) is 73.1 Å². The lowest BCUT2D eigenvalue weighted by atomic mass is 9.66. The number of epoxide rings is 1. The summed E-state index contributed by atoms with van der Waals surface area (Å²) in [6.45, 7) is 10.3. The average Bonchev–Trinajstić information content (AvgIpc) is 3.67. The Labute approximate surface area is 192 Å². The number of hydrogen-bond acceptors (Lipinski definition) is 6. The Bertz CT molecular complexity index is 728. The second kappa shape index (κ2) is 9.72. The molecule has 2 unspecified atom stereocenters. The van der Waals surface area contributed by atoms with Crippen molar-refractivity contribution in [2.75, 3.05) is 14.2 Å². The molecule has 1 aliphatic heterocycles. The Morgan fingerprint density at radius 3 is 2.44 bits per heavy atom. The van der Waals surface area contributed by atoms with Crippen molar-refractivity contribution < 1.29 is 28.5 Å². The number of nitrogens with one attached hydrogen (secondary N) is 1. The standard InChI is InChI=1S/C25H41NO6/c1-8-16(4)19(22(27)30-7)26-23(28)31-17-11-12-25(13-14-25)21(20(17)29-6)24(5)18(32-24)10-9-15(2)3/h9,16-21H,8,10-14H2,1-7H3,(H,26,28)/t16?,17-,18-,19?,20-,21-,24+/m1/s1. The second-order valence-corrected chi connectivity index (χ2v) is 10.4. The number of carbonyl (C=O) groups excluding carboxylic acids is 2. The van der Waals surface area contributed by atoms with Crippen LogP contribution in [0, 0.1) is 17.3 Å². The van der Waals surface area contributed by atoms with Crippen molar-refractivity contribution in [3.8, 4) is 0 Å². The highest BCUT2D eigenvalue weighted by Crippen LogP contribution is 2.67. The van der Waals surface area contributed by atoms with Gasteiger partial charge in [-0.2, -0.15) is 0 Å². The molecule has 1 N–H and O–H groups in total. The fraction of sp³-hybridized carbons (Fsp3) is 0.840. The highest BCUT2D eigenvalue weighted by Gasteiger charge is 2.70. The third-order valence-corrected chi connectivity index (χ3v) is 7.98. The molecule has 1 saturated heterocycles. The van der Waals surface area contributed by atoms with Gasteiger partial charge in [0.15, 0.2) is 0 Å². The second-order valence-electron chi connectivity index (χ2n) is 10.4. The van der Waals surface area contributed by atoms with Crippen molar-refractivity contribution in [3.05, 3.63) is 11.6 Å². The van der Waals surface area contributed by atoms with Crippen LogP contribution < -0.4 is 5.32 Å². The van der Waals surface area contributed by atoms with Gasteiger partial charge in [-0.3, -0.25) is 0 Å². The first-order valence-corrected chi connectivity index (χ1v) is 12.0. The van der Waals surface area contributed by atoms with Crippen molar-refractivity contribution in [1.29, 1.82) is 0 Å². The van der Waals surface area contributed by atoms with E-state index in [-0.39, 0.29) is 41.2 Å². The van der Waals surface area contributed by atoms with Gasteiger partial charge in [0.2, 0.25) is 0 Å². The zero-order valence-electron chi connectivity index (χ0n) is 20.7. The number of carbonyl (C=O) groups is 2. The molecule has 7 atom stereocenters. The van der Waals surface area contributed by atoms with Gasteiger partial charge < -0.3 is 24.3 Å². The molecule has 3 aliphatic rings. The van der Waals surface area contributed by atoms with E-state index >= 15 is 0 Å². The molecule has 32 heavy (non-hydrogen) atoms. The monoisotopic (exact) mass is 451 g/mol. The van der Waals surface area contributed by atoms with Crippen LogP contribution >= 0.6 is 0 Å². The Morgan fingerprint density at radius 2 is 1.91 bits per heavy atom. The highest BCUT2D eigenvalue weighted by atomic mass is 16.6. The van der Waals surface area contributed by atoms with Crippen LogP contribution in [0.4, 0.5) is 4.79 Å². The molecular formula is C25H41NO6. The van der Waals surface area contributed by atoms with Crippen LogP contribution in [0.5, 0.6) is 0 Å². The number of rotatable bonds is 9. The van der Waals surface area contributed by atoms with Gasteiger partial charge in [-0.1, -0.05) is 31.9 Å². The Balaban J connectivity index is 1.71. The third-order valence-electron chi connectivity index (χ3n) is 7.98. The van der Waals surface area contributed by atoms with Gasteiger partial charge >= 0.3 is 12.1 Å². The molecule has 2 saturated carbocycles. The van der Waals surface area contributed by atoms with Crippen LogP contribution in [0.3, 0.4) is 0 Å². The van der Waals surface area contributed by atoms with Gasteiger partial charge in [-0.25, -0.2) is 9.59 Å². The smallest absolute Gasteiger partial charge is 0.408 e. The molecule has 1 heterocycles. The molecule has 7 heteroatoms. The van der Waals surface area contributed by atoms with Gasteiger partial charge in [0.1, 0.15) is 18.2 Å². The van der Waals surface area contributed by atoms with E-state index in [0.29, 0.717) is 0 Å². The van der Waals surface area contributed by atoms with Gasteiger partial charge in [-0.05, 0) is 64.2 Å². The van der Waals surface area contributed by atoms with E-state index in [0.717, 1.165) is 25.7 Å². The highest BCUT2D eigenvalue weighted by molar-refractivity contribution is 5.81. The predicted octanol–water partition coefficient (Wildman–Crippen LogP) is 4.39. The molecule has 7 nitrogen and oxygen atoms in total. The predicted molar refractivity (Wildman–Crippen MR) is 121 cm³/mol. The minimum Gasteiger partial charge on any atom is -0.467 e. The summed E-state index contributed by atoms with van der Waals surface area (Å²) in [5, 5.41) is 2.73. The zero-order valence-corrected chi connectivity index (χ0v) is 20.7. The van der Waals surface area contributed by atoms with Gasteiger partial charge in [0.25, 0.3) is 0 Å². The number of amides is 1. The first kappa shape index (κ1) is 25.0. The first-order chi connectivity index (χ1) is 15.1. The molecule has 0 aromatic carbocycles. The molecule has 1 amide bonds. The summed E-state index contributed by atoms with van der Waals surface area (Å²) in [6, 6.07) is -0.731. The first-order valence-electron chi connectivity index (χ1n) is 12.0. The van der Waals surface area contributed by atoms with Crippen molar-refractivity contribution in [2.45, 2.75) is 103 Å². The summed E-state index contributed by atoms with van der Waals surface area (Å²) in [7, 11) is 3.02. The van der Waals surface area contributed by atoms with Crippen LogP contribution in [0.2, 0.25) is 0 Å². The van der Waals surface area contributed by atoms with Crippen LogP contribution in [-0.2, 0) is 23.7 Å². The number of hydrogen-bond donors (Lipinski definition) is 1. The Kier molecular flexibility index (Phi) is 7.60. The minimum atomic E-state index is -0.731. The topological polar surface area (TPSA) is 86.4 Å². The third kappa shape index (κ3) is 4.98. The number of alkyl carbamates (subject to hydrolysis) is 1. The quantitative estimate of drug-likeness (QED) is 0.318. The van der Waals surface area contributed by atoms with E-state index in [1.54, 1.807) is 7.11 Å². The van der Waals surface area contributed by atoms with E-state index < -0.39 is 18.1 Å². The van der Waals surface area contributed by atoms with Gasteiger partial charge in [0, 0.05) is 13.0 Å². The molecular weight excluding hydrogens is 410 g/mol. The minimum absolute atomic E-state index is 0.0586. The maximum atomic E-state index is 12.8. The molecule has 182 valence electrons. The molecule has 0 aromatic heterocycles. The summed E-state index contributed by atoms with van der Waals surface area (Å²) in [5.41, 5.74) is 1.24. The lowest BCUT2D eigenvalue weighted by Crippen LogP contribution is -2.54. The summed E-state index contributed by atoms with van der Waals surface area (Å²) in [5.74, 6) is -0.344. The number of allylic oxidation sites excluding steroid dienone is 1. The van der Waals surface area contributed by atoms with E-state index in [9.17, 15) is 9.59 Å². The summed E-state index contributed by atoms with van der Waals surface area (Å²) in [4.78, 5) is 24.9. The van der Waals surface area contributed by atoms with E-state index in [2.05, 4.69) is 32.2 Å². The van der Waals surface area contributed by atoms with E-state index in [1.807, 2.05) is 13.8 Å². The molecule has 0 aromatic rings. The van der Waals surface area contributed by atoms with Crippen molar-refractivity contribution >= 4 is 12.1 Å². The fourth-order valence-corrected chi connectivity index (χ4v) is 5.65. The molecule has 2 aliphatic carbocycles. The van der Waals surface area contributed by atoms with Gasteiger partial charge in [-0.15, -0.1) is 0 Å². The molecule has 3 rings (SSSR count). The molecule has 0 radical (unpaired) electrons. The van der Waals surface area contributed by atoms with Gasteiger partial charge in [0.05, 0.1) is 18.8 Å². The normalized spacial score (nSPS) is 34.2. The lowest BCUT2D eigenvalue weighted by molar-refractivity contribution is -0.145. The molecule has 3 fully saturated rings. The molecule has 1 spiro atoms. The summed E-state index contributed by atoms with van der Waals surface area (Å²) < 4.78 is 23.0. The molecule has 0 bridgehead atoms. The Hall–Kier alpha value is -1.60. The largest absolute Gasteiger partial charge is 0.467 e. The van der Waals surface area contributed by atoms with Crippen LogP contribution in [0.25, 0.3) is 0 Å². The maximum absolute atomic E-state index is 12.8.